The molecule has 0 fully saturated rings. The standard InChI is InChI=1S/C18H16BrNO3/c1-20-16-9-13(23-11-12-6-4-3-5-7-12)8-15(19)14(16)10-17(20)18(21)22-2/h3-10H,11H2,1-2H3. The lowest BCUT2D eigenvalue weighted by Gasteiger charge is -2.08. The van der Waals surface area contributed by atoms with Crippen LogP contribution in [0.15, 0.2) is 53.0 Å². The molecule has 0 spiro atoms. The van der Waals surface area contributed by atoms with Crippen molar-refractivity contribution in [2.75, 3.05) is 7.11 Å². The van der Waals surface area contributed by atoms with Crippen molar-refractivity contribution in [1.82, 2.24) is 4.57 Å². The van der Waals surface area contributed by atoms with Crippen molar-refractivity contribution in [3.05, 3.63) is 64.3 Å². The summed E-state index contributed by atoms with van der Waals surface area (Å²) in [6, 6.07) is 15.6. The fourth-order valence-corrected chi connectivity index (χ4v) is 3.03. The minimum atomic E-state index is -0.359. The van der Waals surface area contributed by atoms with Crippen molar-refractivity contribution in [3.63, 3.8) is 0 Å². The summed E-state index contributed by atoms with van der Waals surface area (Å²) in [5, 5.41) is 0.944. The number of rotatable bonds is 4. The summed E-state index contributed by atoms with van der Waals surface area (Å²) in [6.45, 7) is 0.493. The van der Waals surface area contributed by atoms with Crippen LogP contribution in [0.4, 0.5) is 0 Å². The highest BCUT2D eigenvalue weighted by Gasteiger charge is 2.16. The molecule has 1 heterocycles. The monoisotopic (exact) mass is 373 g/mol. The second-order valence-electron chi connectivity index (χ2n) is 5.19. The molecule has 0 aliphatic rings. The van der Waals surface area contributed by atoms with Gasteiger partial charge in [-0.1, -0.05) is 30.3 Å². The molecule has 0 saturated heterocycles. The highest BCUT2D eigenvalue weighted by molar-refractivity contribution is 9.10. The van der Waals surface area contributed by atoms with E-state index in [-0.39, 0.29) is 5.97 Å². The lowest BCUT2D eigenvalue weighted by molar-refractivity contribution is 0.0590. The van der Waals surface area contributed by atoms with Gasteiger partial charge in [0, 0.05) is 23.0 Å². The highest BCUT2D eigenvalue weighted by Crippen LogP contribution is 2.32. The Morgan fingerprint density at radius 1 is 1.17 bits per heavy atom. The average molecular weight is 374 g/mol. The third kappa shape index (κ3) is 3.10. The molecule has 0 unspecified atom stereocenters. The van der Waals surface area contributed by atoms with Gasteiger partial charge in [0.25, 0.3) is 0 Å². The van der Waals surface area contributed by atoms with E-state index in [2.05, 4.69) is 15.9 Å². The third-order valence-electron chi connectivity index (χ3n) is 3.73. The van der Waals surface area contributed by atoms with Crippen LogP contribution in [0.25, 0.3) is 10.9 Å². The summed E-state index contributed by atoms with van der Waals surface area (Å²) < 4.78 is 13.4. The van der Waals surface area contributed by atoms with Gasteiger partial charge in [-0.05, 0) is 33.6 Å². The maximum absolute atomic E-state index is 11.8. The molecule has 23 heavy (non-hydrogen) atoms. The Bertz CT molecular complexity index is 856. The fourth-order valence-electron chi connectivity index (χ4n) is 2.49. The Hall–Kier alpha value is -2.27. The molecule has 0 atom stereocenters. The smallest absolute Gasteiger partial charge is 0.354 e. The van der Waals surface area contributed by atoms with Gasteiger partial charge in [-0.3, -0.25) is 0 Å². The van der Waals surface area contributed by atoms with E-state index in [0.29, 0.717) is 12.3 Å². The molecular weight excluding hydrogens is 358 g/mol. The molecule has 3 aromatic rings. The fraction of sp³-hybridized carbons (Fsp3) is 0.167. The first kappa shape index (κ1) is 15.6. The van der Waals surface area contributed by atoms with E-state index in [1.54, 1.807) is 4.57 Å². The highest BCUT2D eigenvalue weighted by atomic mass is 79.9. The largest absolute Gasteiger partial charge is 0.489 e. The molecule has 0 bridgehead atoms. The van der Waals surface area contributed by atoms with E-state index in [0.717, 1.165) is 26.7 Å². The molecule has 0 radical (unpaired) electrons. The van der Waals surface area contributed by atoms with Crippen molar-refractivity contribution in [3.8, 4) is 5.75 Å². The Morgan fingerprint density at radius 3 is 2.61 bits per heavy atom. The number of esters is 1. The number of hydrogen-bond donors (Lipinski definition) is 0. The molecular formula is C18H16BrNO3. The van der Waals surface area contributed by atoms with Crippen molar-refractivity contribution in [2.45, 2.75) is 6.61 Å². The number of ether oxygens (including phenoxy) is 2. The number of hydrogen-bond acceptors (Lipinski definition) is 3. The maximum atomic E-state index is 11.8. The van der Waals surface area contributed by atoms with Crippen molar-refractivity contribution in [2.24, 2.45) is 7.05 Å². The molecule has 118 valence electrons. The summed E-state index contributed by atoms with van der Waals surface area (Å²) >= 11 is 3.55. The van der Waals surface area contributed by atoms with E-state index >= 15 is 0 Å². The van der Waals surface area contributed by atoms with Crippen LogP contribution in [0.1, 0.15) is 16.1 Å². The van der Waals surface area contributed by atoms with Gasteiger partial charge in [0.05, 0.1) is 12.6 Å². The summed E-state index contributed by atoms with van der Waals surface area (Å²) in [7, 11) is 3.21. The molecule has 0 N–H and O–H groups in total. The first-order valence-corrected chi connectivity index (χ1v) is 7.93. The summed E-state index contributed by atoms with van der Waals surface area (Å²) in [4.78, 5) is 11.8. The zero-order valence-electron chi connectivity index (χ0n) is 12.9. The molecule has 2 aromatic carbocycles. The Balaban J connectivity index is 1.94. The lowest BCUT2D eigenvalue weighted by Crippen LogP contribution is -2.07. The normalized spacial score (nSPS) is 10.7. The summed E-state index contributed by atoms with van der Waals surface area (Å²) in [6.07, 6.45) is 0. The number of benzene rings is 2. The summed E-state index contributed by atoms with van der Waals surface area (Å²) in [5.74, 6) is 0.383. The van der Waals surface area contributed by atoms with Crippen LogP contribution in [0, 0.1) is 0 Å². The number of carbonyl (C=O) groups is 1. The average Bonchev–Trinajstić information content (AvgIpc) is 2.91. The zero-order chi connectivity index (χ0) is 16.4. The Morgan fingerprint density at radius 2 is 1.91 bits per heavy atom. The van der Waals surface area contributed by atoms with E-state index in [4.69, 9.17) is 9.47 Å². The van der Waals surface area contributed by atoms with Crippen LogP contribution >= 0.6 is 15.9 Å². The molecule has 4 nitrogen and oxygen atoms in total. The van der Waals surface area contributed by atoms with Crippen LogP contribution in [-0.2, 0) is 18.4 Å². The molecule has 0 amide bonds. The van der Waals surface area contributed by atoms with Gasteiger partial charge in [-0.25, -0.2) is 4.79 Å². The predicted molar refractivity (Wildman–Crippen MR) is 92.7 cm³/mol. The van der Waals surface area contributed by atoms with Crippen molar-refractivity contribution < 1.29 is 14.3 Å². The minimum absolute atomic E-state index is 0.359. The molecule has 1 aromatic heterocycles. The molecule has 5 heteroatoms. The Labute approximate surface area is 142 Å². The van der Waals surface area contributed by atoms with Gasteiger partial charge < -0.3 is 14.0 Å². The summed E-state index contributed by atoms with van der Waals surface area (Å²) in [5.41, 5.74) is 2.51. The molecule has 0 aliphatic heterocycles. The van der Waals surface area contributed by atoms with E-state index in [1.165, 1.54) is 7.11 Å². The van der Waals surface area contributed by atoms with Crippen LogP contribution < -0.4 is 4.74 Å². The number of halogens is 1. The molecule has 0 aliphatic carbocycles. The van der Waals surface area contributed by atoms with Gasteiger partial charge in [0.2, 0.25) is 0 Å². The topological polar surface area (TPSA) is 40.5 Å². The number of methoxy groups -OCH3 is 1. The lowest BCUT2D eigenvalue weighted by atomic mass is 10.2. The number of carbonyl (C=O) groups excluding carboxylic acids is 1. The van der Waals surface area contributed by atoms with E-state index in [1.807, 2.05) is 55.6 Å². The predicted octanol–water partition coefficient (Wildman–Crippen LogP) is 4.31. The number of nitrogens with zero attached hydrogens (tertiary/aromatic N) is 1. The molecule has 0 saturated carbocycles. The van der Waals surface area contributed by atoms with Crippen molar-refractivity contribution in [1.29, 1.82) is 0 Å². The number of aryl methyl sites for hydroxylation is 1. The van der Waals surface area contributed by atoms with Crippen LogP contribution in [0.2, 0.25) is 0 Å². The minimum Gasteiger partial charge on any atom is -0.489 e. The van der Waals surface area contributed by atoms with Gasteiger partial charge in [0.15, 0.2) is 0 Å². The number of aromatic nitrogens is 1. The maximum Gasteiger partial charge on any atom is 0.354 e. The van der Waals surface area contributed by atoms with Gasteiger partial charge in [0.1, 0.15) is 18.1 Å². The first-order chi connectivity index (χ1) is 11.1. The number of fused-ring (bicyclic) bond motifs is 1. The first-order valence-electron chi connectivity index (χ1n) is 7.14. The second-order valence-corrected chi connectivity index (χ2v) is 6.05. The SMILES string of the molecule is COC(=O)c1cc2c(Br)cc(OCc3ccccc3)cc2n1C. The quantitative estimate of drug-likeness (QED) is 0.639. The van der Waals surface area contributed by atoms with Crippen LogP contribution in [-0.4, -0.2) is 17.6 Å². The van der Waals surface area contributed by atoms with Crippen LogP contribution in [0.3, 0.4) is 0 Å². The second kappa shape index (κ2) is 6.46. The van der Waals surface area contributed by atoms with Crippen molar-refractivity contribution >= 4 is 32.8 Å². The van der Waals surface area contributed by atoms with E-state index < -0.39 is 0 Å². The zero-order valence-corrected chi connectivity index (χ0v) is 14.5. The van der Waals surface area contributed by atoms with Crippen LogP contribution in [0.5, 0.6) is 5.75 Å². The van der Waals surface area contributed by atoms with Gasteiger partial charge in [-0.15, -0.1) is 0 Å². The van der Waals surface area contributed by atoms with Gasteiger partial charge in [-0.2, -0.15) is 0 Å². The third-order valence-corrected chi connectivity index (χ3v) is 4.38. The van der Waals surface area contributed by atoms with E-state index in [9.17, 15) is 4.79 Å². The van der Waals surface area contributed by atoms with Gasteiger partial charge >= 0.3 is 5.97 Å². The molecule has 3 rings (SSSR count). The Kier molecular flexibility index (Phi) is 4.39.